The molecule has 3 atom stereocenters. The average molecular weight is 322 g/mol. The van der Waals surface area contributed by atoms with E-state index in [0.29, 0.717) is 11.5 Å². The molecule has 2 unspecified atom stereocenters. The summed E-state index contributed by atoms with van der Waals surface area (Å²) < 4.78 is 5.31. The van der Waals surface area contributed by atoms with Crippen molar-refractivity contribution < 1.29 is 24.2 Å². The molecule has 3 rings (SSSR count). The van der Waals surface area contributed by atoms with E-state index in [4.69, 9.17) is 9.84 Å². The highest BCUT2D eigenvalue weighted by Crippen LogP contribution is 2.39. The number of carbonyl (C=O) groups is 3. The lowest BCUT2D eigenvalue weighted by Crippen LogP contribution is -2.70. The summed E-state index contributed by atoms with van der Waals surface area (Å²) in [6.07, 6.45) is 0. The number of thioether (sulfide) groups is 1. The number of amides is 2. The minimum absolute atomic E-state index is 0.187. The number of carboxylic acids is 1. The van der Waals surface area contributed by atoms with Crippen molar-refractivity contribution in [2.45, 2.75) is 17.5 Å². The Balaban J connectivity index is 1.51. The number of hydrogen-bond acceptors (Lipinski definition) is 5. The number of benzene rings is 1. The van der Waals surface area contributed by atoms with E-state index in [1.54, 1.807) is 24.3 Å². The number of nitrogens with one attached hydrogen (secondary N) is 1. The molecule has 2 fully saturated rings. The number of carbonyl (C=O) groups excluding carboxylic acids is 2. The highest BCUT2D eigenvalue weighted by atomic mass is 32.2. The van der Waals surface area contributed by atoms with Gasteiger partial charge in [-0.05, 0) is 12.1 Å². The Bertz CT molecular complexity index is 609. The molecule has 2 heterocycles. The van der Waals surface area contributed by atoms with Crippen molar-refractivity contribution in [2.24, 2.45) is 0 Å². The van der Waals surface area contributed by atoms with E-state index in [-0.39, 0.29) is 17.9 Å². The van der Waals surface area contributed by atoms with E-state index in [2.05, 4.69) is 5.32 Å². The summed E-state index contributed by atoms with van der Waals surface area (Å²) in [5, 5.41) is 11.3. The van der Waals surface area contributed by atoms with E-state index in [9.17, 15) is 14.4 Å². The van der Waals surface area contributed by atoms with Crippen LogP contribution in [-0.4, -0.2) is 57.6 Å². The van der Waals surface area contributed by atoms with Crippen molar-refractivity contribution in [2.75, 3.05) is 12.4 Å². The summed E-state index contributed by atoms with van der Waals surface area (Å²) in [7, 11) is 0. The molecule has 0 bridgehead atoms. The van der Waals surface area contributed by atoms with Crippen molar-refractivity contribution in [3.63, 3.8) is 0 Å². The Morgan fingerprint density at radius 2 is 2.09 bits per heavy atom. The second-order valence-corrected chi connectivity index (χ2v) is 6.12. The van der Waals surface area contributed by atoms with Gasteiger partial charge in [0.15, 0.2) is 6.61 Å². The number of β-lactam (4-membered cyclic amide) rings is 1. The second kappa shape index (κ2) is 5.88. The normalized spacial score (nSPS) is 26.1. The van der Waals surface area contributed by atoms with Crippen LogP contribution in [0.25, 0.3) is 0 Å². The molecule has 7 nitrogen and oxygen atoms in total. The predicted molar refractivity (Wildman–Crippen MR) is 78.4 cm³/mol. The van der Waals surface area contributed by atoms with Crippen molar-refractivity contribution in [1.82, 2.24) is 10.2 Å². The fraction of sp³-hybridized carbons (Fsp3) is 0.357. The fourth-order valence-electron chi connectivity index (χ4n) is 2.47. The quantitative estimate of drug-likeness (QED) is 0.736. The van der Waals surface area contributed by atoms with Crippen LogP contribution < -0.4 is 10.1 Å². The maximum absolute atomic E-state index is 12.0. The van der Waals surface area contributed by atoms with E-state index in [1.165, 1.54) is 16.7 Å². The van der Waals surface area contributed by atoms with Crippen molar-refractivity contribution in [3.8, 4) is 5.75 Å². The number of fused-ring (bicyclic) bond motifs is 1. The van der Waals surface area contributed by atoms with Crippen LogP contribution in [0.2, 0.25) is 0 Å². The van der Waals surface area contributed by atoms with Crippen molar-refractivity contribution >= 4 is 29.5 Å². The smallest absolute Gasteiger partial charge is 0.327 e. The summed E-state index contributed by atoms with van der Waals surface area (Å²) in [5.74, 6) is -0.851. The average Bonchev–Trinajstić information content (AvgIpc) is 2.92. The van der Waals surface area contributed by atoms with Crippen LogP contribution >= 0.6 is 11.8 Å². The Kier molecular flexibility index (Phi) is 3.93. The monoisotopic (exact) mass is 322 g/mol. The van der Waals surface area contributed by atoms with Gasteiger partial charge < -0.3 is 20.1 Å². The largest absolute Gasteiger partial charge is 0.484 e. The molecule has 0 aliphatic carbocycles. The van der Waals surface area contributed by atoms with Crippen LogP contribution in [0, 0.1) is 0 Å². The highest BCUT2D eigenvalue weighted by molar-refractivity contribution is 8.00. The Hall–Kier alpha value is -2.22. The van der Waals surface area contributed by atoms with Gasteiger partial charge >= 0.3 is 5.97 Å². The standard InChI is InChI=1S/C14H14N2O5S/c17-10(6-21-8-4-2-1-3-5-8)15-11-12(18)16-9(14(19)20)7-22-13(11)16/h1-5,9,11,13H,6-7H2,(H,15,17)(H,19,20)/t9?,11?,13-/m1/s1. The number of hydrogen-bond donors (Lipinski definition) is 2. The molecule has 1 aromatic rings. The van der Waals surface area contributed by atoms with Crippen LogP contribution in [0.3, 0.4) is 0 Å². The van der Waals surface area contributed by atoms with E-state index < -0.39 is 24.0 Å². The van der Waals surface area contributed by atoms with Gasteiger partial charge in [0, 0.05) is 5.75 Å². The number of ether oxygens (including phenoxy) is 1. The number of para-hydroxylation sites is 1. The second-order valence-electron chi connectivity index (χ2n) is 4.97. The number of aliphatic carboxylic acids is 1. The predicted octanol–water partition coefficient (Wildman–Crippen LogP) is -0.0815. The van der Waals surface area contributed by atoms with Gasteiger partial charge in [-0.2, -0.15) is 0 Å². The van der Waals surface area contributed by atoms with Crippen LogP contribution in [0.5, 0.6) is 5.75 Å². The summed E-state index contributed by atoms with van der Waals surface area (Å²) in [5.41, 5.74) is 0. The van der Waals surface area contributed by atoms with Crippen molar-refractivity contribution in [3.05, 3.63) is 30.3 Å². The summed E-state index contributed by atoms with van der Waals surface area (Å²) >= 11 is 1.37. The first kappa shape index (κ1) is 14.7. The summed E-state index contributed by atoms with van der Waals surface area (Å²) in [6, 6.07) is 7.42. The number of carboxylic acid groups (broad SMARTS) is 1. The molecular formula is C14H14N2O5S. The molecule has 116 valence electrons. The molecule has 2 aliphatic heterocycles. The lowest BCUT2D eigenvalue weighted by atomic mass is 10.0. The molecule has 22 heavy (non-hydrogen) atoms. The zero-order valence-electron chi connectivity index (χ0n) is 11.5. The first-order chi connectivity index (χ1) is 10.6. The van der Waals surface area contributed by atoms with Crippen LogP contribution in [0.15, 0.2) is 30.3 Å². The van der Waals surface area contributed by atoms with Gasteiger partial charge in [0.2, 0.25) is 5.91 Å². The van der Waals surface area contributed by atoms with E-state index in [0.717, 1.165) is 0 Å². The van der Waals surface area contributed by atoms with Crippen molar-refractivity contribution in [1.29, 1.82) is 0 Å². The Morgan fingerprint density at radius 3 is 2.77 bits per heavy atom. The first-order valence-electron chi connectivity index (χ1n) is 6.72. The molecule has 0 spiro atoms. The van der Waals surface area contributed by atoms with Gasteiger partial charge in [-0.3, -0.25) is 9.59 Å². The molecule has 2 N–H and O–H groups in total. The third-order valence-corrected chi connectivity index (χ3v) is 4.90. The zero-order valence-corrected chi connectivity index (χ0v) is 12.3. The maximum atomic E-state index is 12.0. The van der Waals surface area contributed by atoms with Gasteiger partial charge in [-0.25, -0.2) is 4.79 Å². The van der Waals surface area contributed by atoms with Gasteiger partial charge in [0.05, 0.1) is 0 Å². The summed E-state index contributed by atoms with van der Waals surface area (Å²) in [6.45, 7) is -0.187. The zero-order chi connectivity index (χ0) is 15.7. The molecule has 8 heteroatoms. The molecule has 2 saturated heterocycles. The topological polar surface area (TPSA) is 95.9 Å². The third-order valence-electron chi connectivity index (χ3n) is 3.56. The van der Waals surface area contributed by atoms with Crippen LogP contribution in [0.4, 0.5) is 0 Å². The number of rotatable bonds is 5. The fourth-order valence-corrected chi connectivity index (χ4v) is 3.94. The first-order valence-corrected chi connectivity index (χ1v) is 7.76. The molecule has 1 aromatic carbocycles. The minimum atomic E-state index is -1.01. The summed E-state index contributed by atoms with van der Waals surface area (Å²) in [4.78, 5) is 36.1. The van der Waals surface area contributed by atoms with Gasteiger partial charge in [-0.15, -0.1) is 11.8 Å². The van der Waals surface area contributed by atoms with Crippen LogP contribution in [-0.2, 0) is 14.4 Å². The molecular weight excluding hydrogens is 308 g/mol. The Morgan fingerprint density at radius 1 is 1.36 bits per heavy atom. The lowest BCUT2D eigenvalue weighted by Gasteiger charge is -2.43. The number of nitrogens with zero attached hydrogens (tertiary/aromatic N) is 1. The molecule has 0 saturated carbocycles. The van der Waals surface area contributed by atoms with Gasteiger partial charge in [-0.1, -0.05) is 18.2 Å². The van der Waals surface area contributed by atoms with Crippen LogP contribution in [0.1, 0.15) is 0 Å². The highest BCUT2D eigenvalue weighted by Gasteiger charge is 2.57. The molecule has 0 aromatic heterocycles. The maximum Gasteiger partial charge on any atom is 0.327 e. The lowest BCUT2D eigenvalue weighted by molar-refractivity contribution is -0.159. The Labute approximate surface area is 130 Å². The SMILES string of the molecule is O=C(COc1ccccc1)NC1C(=O)N2C(C(=O)O)CS[C@H]12. The van der Waals surface area contributed by atoms with Gasteiger partial charge in [0.25, 0.3) is 5.91 Å². The van der Waals surface area contributed by atoms with E-state index in [1.807, 2.05) is 6.07 Å². The molecule has 2 amide bonds. The molecule has 2 aliphatic rings. The van der Waals surface area contributed by atoms with E-state index >= 15 is 0 Å². The minimum Gasteiger partial charge on any atom is -0.484 e. The molecule has 0 radical (unpaired) electrons. The van der Waals surface area contributed by atoms with Gasteiger partial charge in [0.1, 0.15) is 23.2 Å². The third kappa shape index (κ3) is 2.61.